The van der Waals surface area contributed by atoms with E-state index in [-0.39, 0.29) is 29.5 Å². The quantitative estimate of drug-likeness (QED) is 0.201. The van der Waals surface area contributed by atoms with Gasteiger partial charge in [0.2, 0.25) is 0 Å². The Labute approximate surface area is 194 Å². The molecular weight excluding hydrogens is 498 g/mol. The largest absolute Gasteiger partial charge is 0.494 e. The number of ether oxygens (including phenoxy) is 1. The number of carbonyl (C=O) groups excluding carboxylic acids is 1. The molecule has 2 aromatic rings. The molecule has 0 bridgehead atoms. The van der Waals surface area contributed by atoms with Crippen LogP contribution in [-0.4, -0.2) is 38.1 Å². The summed E-state index contributed by atoms with van der Waals surface area (Å²) in [5.74, 6) is 0.504. The molecule has 164 valence electrons. The number of rotatable bonds is 9. The summed E-state index contributed by atoms with van der Waals surface area (Å²) in [5.41, 5.74) is 2.18. The van der Waals surface area contributed by atoms with Gasteiger partial charge in [0.25, 0.3) is 5.91 Å². The Bertz CT molecular complexity index is 846. The molecule has 0 aliphatic carbocycles. The molecule has 2 rings (SSSR count). The van der Waals surface area contributed by atoms with Gasteiger partial charge in [-0.3, -0.25) is 4.79 Å². The van der Waals surface area contributed by atoms with Crippen LogP contribution in [0, 0.1) is 12.7 Å². The number of guanidine groups is 1. The Morgan fingerprint density at radius 3 is 2.50 bits per heavy atom. The minimum atomic E-state index is -0.531. The fourth-order valence-electron chi connectivity index (χ4n) is 2.69. The molecule has 0 fully saturated rings. The van der Waals surface area contributed by atoms with Crippen LogP contribution >= 0.6 is 24.0 Å². The SMILES string of the molecule is CCNC(=NCc1ccc(C)cc1OCC)NCCNC(=O)c1ccccc1F.I. The van der Waals surface area contributed by atoms with Gasteiger partial charge >= 0.3 is 0 Å². The molecule has 0 atom stereocenters. The summed E-state index contributed by atoms with van der Waals surface area (Å²) in [6, 6.07) is 12.0. The molecule has 3 N–H and O–H groups in total. The first-order valence-electron chi connectivity index (χ1n) is 9.82. The second-order valence-corrected chi connectivity index (χ2v) is 6.40. The van der Waals surface area contributed by atoms with Crippen LogP contribution in [0.2, 0.25) is 0 Å². The van der Waals surface area contributed by atoms with E-state index in [4.69, 9.17) is 4.74 Å². The third-order valence-corrected chi connectivity index (χ3v) is 4.10. The minimum Gasteiger partial charge on any atom is -0.494 e. The first-order chi connectivity index (χ1) is 14.0. The zero-order valence-electron chi connectivity index (χ0n) is 17.6. The van der Waals surface area contributed by atoms with E-state index in [1.807, 2.05) is 39.0 Å². The van der Waals surface area contributed by atoms with Crippen LogP contribution in [0.5, 0.6) is 5.75 Å². The predicted octanol–water partition coefficient (Wildman–Crippen LogP) is 3.64. The molecule has 1 amide bonds. The lowest BCUT2D eigenvalue weighted by Crippen LogP contribution is -2.41. The van der Waals surface area contributed by atoms with E-state index in [9.17, 15) is 9.18 Å². The molecule has 30 heavy (non-hydrogen) atoms. The summed E-state index contributed by atoms with van der Waals surface area (Å²) in [7, 11) is 0. The van der Waals surface area contributed by atoms with E-state index < -0.39 is 11.7 Å². The maximum atomic E-state index is 13.6. The first kappa shape index (κ1) is 25.7. The lowest BCUT2D eigenvalue weighted by atomic mass is 10.1. The normalized spacial score (nSPS) is 10.7. The highest BCUT2D eigenvalue weighted by atomic mass is 127. The molecule has 0 saturated heterocycles. The van der Waals surface area contributed by atoms with E-state index in [0.29, 0.717) is 38.7 Å². The molecule has 0 aliphatic heterocycles. The van der Waals surface area contributed by atoms with Gasteiger partial charge in [0, 0.05) is 25.2 Å². The van der Waals surface area contributed by atoms with Crippen LogP contribution in [0.3, 0.4) is 0 Å². The number of amides is 1. The van der Waals surface area contributed by atoms with Crippen molar-refractivity contribution in [1.82, 2.24) is 16.0 Å². The summed E-state index contributed by atoms with van der Waals surface area (Å²) in [6.07, 6.45) is 0. The van der Waals surface area contributed by atoms with E-state index >= 15 is 0 Å². The second-order valence-electron chi connectivity index (χ2n) is 6.40. The molecule has 0 radical (unpaired) electrons. The minimum absolute atomic E-state index is 0. The Morgan fingerprint density at radius 1 is 1.07 bits per heavy atom. The van der Waals surface area contributed by atoms with Crippen molar-refractivity contribution in [3.63, 3.8) is 0 Å². The third kappa shape index (κ3) is 8.17. The van der Waals surface area contributed by atoms with Crippen molar-refractivity contribution in [3.8, 4) is 5.75 Å². The average molecular weight is 528 g/mol. The van der Waals surface area contributed by atoms with Gasteiger partial charge in [-0.05, 0) is 44.5 Å². The van der Waals surface area contributed by atoms with Crippen LogP contribution in [0.15, 0.2) is 47.5 Å². The van der Waals surface area contributed by atoms with Gasteiger partial charge in [-0.1, -0.05) is 24.3 Å². The fraction of sp³-hybridized carbons (Fsp3) is 0.364. The zero-order valence-corrected chi connectivity index (χ0v) is 20.0. The molecule has 2 aromatic carbocycles. The Balaban J connectivity index is 0.00000450. The topological polar surface area (TPSA) is 74.8 Å². The summed E-state index contributed by atoms with van der Waals surface area (Å²) >= 11 is 0. The Kier molecular flexibility index (Phi) is 11.8. The van der Waals surface area contributed by atoms with Crippen molar-refractivity contribution in [1.29, 1.82) is 0 Å². The highest BCUT2D eigenvalue weighted by Crippen LogP contribution is 2.21. The molecule has 8 heteroatoms. The number of nitrogens with one attached hydrogen (secondary N) is 3. The standard InChI is InChI=1S/C22H29FN4O2.HI/c1-4-24-22(27-15-17-11-10-16(3)14-20(17)29-5-2)26-13-12-25-21(28)18-8-6-7-9-19(18)23;/h6-11,14H,4-5,12-13,15H2,1-3H3,(H,25,28)(H2,24,26,27);1H. The number of carbonyl (C=O) groups is 1. The number of aryl methyl sites for hydroxylation is 1. The van der Waals surface area contributed by atoms with Gasteiger partial charge in [0.05, 0.1) is 18.7 Å². The summed E-state index contributed by atoms with van der Waals surface area (Å²) in [5, 5.41) is 9.03. The fourth-order valence-corrected chi connectivity index (χ4v) is 2.69. The average Bonchev–Trinajstić information content (AvgIpc) is 2.70. The molecule has 0 aromatic heterocycles. The van der Waals surface area contributed by atoms with Gasteiger partial charge in [-0.15, -0.1) is 24.0 Å². The number of benzene rings is 2. The second kappa shape index (κ2) is 13.8. The molecule has 0 aliphatic rings. The van der Waals surface area contributed by atoms with Gasteiger partial charge in [0.15, 0.2) is 5.96 Å². The highest BCUT2D eigenvalue weighted by Gasteiger charge is 2.10. The van der Waals surface area contributed by atoms with E-state index in [0.717, 1.165) is 16.9 Å². The van der Waals surface area contributed by atoms with Gasteiger partial charge < -0.3 is 20.7 Å². The third-order valence-electron chi connectivity index (χ3n) is 4.10. The summed E-state index contributed by atoms with van der Waals surface area (Å²) < 4.78 is 19.3. The van der Waals surface area contributed by atoms with E-state index in [1.165, 1.54) is 12.1 Å². The van der Waals surface area contributed by atoms with Crippen molar-refractivity contribution in [2.45, 2.75) is 27.3 Å². The van der Waals surface area contributed by atoms with Crippen LogP contribution in [0.1, 0.15) is 35.3 Å². The lowest BCUT2D eigenvalue weighted by molar-refractivity contribution is 0.0950. The molecule has 0 unspecified atom stereocenters. The molecule has 0 spiro atoms. The zero-order chi connectivity index (χ0) is 21.1. The maximum Gasteiger partial charge on any atom is 0.254 e. The smallest absolute Gasteiger partial charge is 0.254 e. The molecule has 0 heterocycles. The molecule has 6 nitrogen and oxygen atoms in total. The van der Waals surface area contributed by atoms with Crippen molar-refractivity contribution < 1.29 is 13.9 Å². The van der Waals surface area contributed by atoms with Crippen molar-refractivity contribution in [3.05, 3.63) is 65.0 Å². The lowest BCUT2D eigenvalue weighted by Gasteiger charge is -2.13. The van der Waals surface area contributed by atoms with Crippen LogP contribution in [0.4, 0.5) is 4.39 Å². The maximum absolute atomic E-state index is 13.6. The number of nitrogens with zero attached hydrogens (tertiary/aromatic N) is 1. The van der Waals surface area contributed by atoms with Gasteiger partial charge in [0.1, 0.15) is 11.6 Å². The summed E-state index contributed by atoms with van der Waals surface area (Å²) in [4.78, 5) is 16.6. The van der Waals surface area contributed by atoms with E-state index in [1.54, 1.807) is 12.1 Å². The van der Waals surface area contributed by atoms with Gasteiger partial charge in [-0.25, -0.2) is 9.38 Å². The summed E-state index contributed by atoms with van der Waals surface area (Å²) in [6.45, 7) is 8.53. The highest BCUT2D eigenvalue weighted by molar-refractivity contribution is 14.0. The van der Waals surface area contributed by atoms with Crippen molar-refractivity contribution in [2.24, 2.45) is 4.99 Å². The van der Waals surface area contributed by atoms with Crippen molar-refractivity contribution >= 4 is 35.8 Å². The number of hydrogen-bond donors (Lipinski definition) is 3. The predicted molar refractivity (Wildman–Crippen MR) is 129 cm³/mol. The van der Waals surface area contributed by atoms with E-state index in [2.05, 4.69) is 20.9 Å². The molecular formula is C22H30FIN4O2. The number of aliphatic imine (C=N–C) groups is 1. The van der Waals surface area contributed by atoms with Crippen LogP contribution in [-0.2, 0) is 6.54 Å². The monoisotopic (exact) mass is 528 g/mol. The first-order valence-corrected chi connectivity index (χ1v) is 9.82. The number of hydrogen-bond acceptors (Lipinski definition) is 3. The van der Waals surface area contributed by atoms with Crippen molar-refractivity contribution in [2.75, 3.05) is 26.2 Å². The Morgan fingerprint density at radius 2 is 1.80 bits per heavy atom. The van der Waals surface area contributed by atoms with Crippen LogP contribution in [0.25, 0.3) is 0 Å². The van der Waals surface area contributed by atoms with Crippen LogP contribution < -0.4 is 20.7 Å². The number of halogens is 2. The van der Waals surface area contributed by atoms with Gasteiger partial charge in [-0.2, -0.15) is 0 Å². The molecule has 0 saturated carbocycles. The Hall–Kier alpha value is -2.36.